The Morgan fingerprint density at radius 1 is 1.64 bits per heavy atom. The summed E-state index contributed by atoms with van der Waals surface area (Å²) in [5, 5.41) is 18.6. The van der Waals surface area contributed by atoms with Gasteiger partial charge in [0.1, 0.15) is 6.20 Å². The second-order valence-electron chi connectivity index (χ2n) is 2.45. The van der Waals surface area contributed by atoms with Crippen molar-refractivity contribution in [1.82, 2.24) is 4.98 Å². The first-order valence-electron chi connectivity index (χ1n) is 3.66. The molecule has 0 amide bonds. The maximum atomic E-state index is 10.4. The van der Waals surface area contributed by atoms with E-state index in [9.17, 15) is 10.1 Å². The third-order valence-electron chi connectivity index (χ3n) is 1.54. The standard InChI is InChI=1S/C9H5N3O2/c1-7-8(3-2-4-10)5-9(6-11-7)12(13)14/h5-6H,1H3. The average Bonchev–Trinajstić information content (AvgIpc) is 2.16. The molecule has 0 fully saturated rings. The highest BCUT2D eigenvalue weighted by Gasteiger charge is 2.07. The van der Waals surface area contributed by atoms with E-state index in [0.29, 0.717) is 11.3 Å². The SMILES string of the molecule is Cc1ncc([N+](=O)[O-])cc1C#CC#N. The lowest BCUT2D eigenvalue weighted by Gasteiger charge is -1.95. The van der Waals surface area contributed by atoms with E-state index in [-0.39, 0.29) is 5.69 Å². The van der Waals surface area contributed by atoms with Crippen LogP contribution in [0.4, 0.5) is 5.69 Å². The molecule has 0 radical (unpaired) electrons. The summed E-state index contributed by atoms with van der Waals surface area (Å²) in [4.78, 5) is 13.6. The second-order valence-corrected chi connectivity index (χ2v) is 2.45. The third-order valence-corrected chi connectivity index (χ3v) is 1.54. The van der Waals surface area contributed by atoms with Gasteiger partial charge in [0, 0.05) is 12.0 Å². The van der Waals surface area contributed by atoms with Gasteiger partial charge in [0.2, 0.25) is 0 Å². The Labute approximate surface area is 80.2 Å². The maximum absolute atomic E-state index is 10.4. The van der Waals surface area contributed by atoms with E-state index >= 15 is 0 Å². The molecule has 0 unspecified atom stereocenters. The Hall–Kier alpha value is -2.40. The van der Waals surface area contributed by atoms with Crippen LogP contribution < -0.4 is 0 Å². The number of aryl methyl sites for hydroxylation is 1. The zero-order valence-electron chi connectivity index (χ0n) is 7.31. The van der Waals surface area contributed by atoms with E-state index in [1.54, 1.807) is 13.0 Å². The Morgan fingerprint density at radius 3 is 2.93 bits per heavy atom. The van der Waals surface area contributed by atoms with Crippen molar-refractivity contribution in [2.75, 3.05) is 0 Å². The van der Waals surface area contributed by atoms with Crippen molar-refractivity contribution in [1.29, 1.82) is 5.26 Å². The number of hydrogen-bond donors (Lipinski definition) is 0. The molecule has 0 bridgehead atoms. The van der Waals surface area contributed by atoms with Crippen molar-refractivity contribution in [2.24, 2.45) is 0 Å². The molecule has 0 aliphatic heterocycles. The summed E-state index contributed by atoms with van der Waals surface area (Å²) in [6.45, 7) is 1.67. The first-order valence-corrected chi connectivity index (χ1v) is 3.66. The zero-order valence-corrected chi connectivity index (χ0v) is 7.31. The molecule has 5 nitrogen and oxygen atoms in total. The van der Waals surface area contributed by atoms with Crippen LogP contribution in [0, 0.1) is 40.2 Å². The number of nitriles is 1. The van der Waals surface area contributed by atoms with Crippen molar-refractivity contribution in [3.8, 4) is 17.9 Å². The van der Waals surface area contributed by atoms with Gasteiger partial charge in [-0.3, -0.25) is 15.1 Å². The van der Waals surface area contributed by atoms with Crippen molar-refractivity contribution >= 4 is 5.69 Å². The normalized spacial score (nSPS) is 8.29. The van der Waals surface area contributed by atoms with Gasteiger partial charge in [0.25, 0.3) is 5.69 Å². The van der Waals surface area contributed by atoms with Gasteiger partial charge in [-0.05, 0) is 12.8 Å². The Balaban J connectivity index is 3.23. The van der Waals surface area contributed by atoms with Crippen LogP contribution in [-0.4, -0.2) is 9.91 Å². The second kappa shape index (κ2) is 4.01. The molecule has 0 atom stereocenters. The van der Waals surface area contributed by atoms with Gasteiger partial charge in [-0.2, -0.15) is 5.26 Å². The summed E-state index contributed by atoms with van der Waals surface area (Å²) in [7, 11) is 0. The van der Waals surface area contributed by atoms with Gasteiger partial charge in [-0.15, -0.1) is 0 Å². The Kier molecular flexibility index (Phi) is 2.78. The zero-order chi connectivity index (χ0) is 10.6. The van der Waals surface area contributed by atoms with Gasteiger partial charge in [0.05, 0.1) is 16.2 Å². The number of nitro groups is 1. The minimum atomic E-state index is -0.552. The number of nitrogens with zero attached hydrogens (tertiary/aromatic N) is 3. The molecule has 5 heteroatoms. The van der Waals surface area contributed by atoms with Crippen molar-refractivity contribution < 1.29 is 4.92 Å². The summed E-state index contributed by atoms with van der Waals surface area (Å²) in [6.07, 6.45) is 1.16. The van der Waals surface area contributed by atoms with E-state index in [1.165, 1.54) is 6.07 Å². The van der Waals surface area contributed by atoms with Crippen LogP contribution in [0.2, 0.25) is 0 Å². The topological polar surface area (TPSA) is 79.8 Å². The fraction of sp³-hybridized carbons (Fsp3) is 0.111. The van der Waals surface area contributed by atoms with Crippen LogP contribution in [0.25, 0.3) is 0 Å². The molecule has 0 aromatic carbocycles. The number of pyridine rings is 1. The van der Waals surface area contributed by atoms with E-state index in [4.69, 9.17) is 5.26 Å². The molecule has 1 heterocycles. The molecule has 0 N–H and O–H groups in total. The van der Waals surface area contributed by atoms with Gasteiger partial charge in [-0.1, -0.05) is 0 Å². The van der Waals surface area contributed by atoms with Crippen molar-refractivity contribution in [3.05, 3.63) is 33.6 Å². The van der Waals surface area contributed by atoms with E-state index < -0.39 is 4.92 Å². The Bertz CT molecular complexity index is 477. The summed E-state index contributed by atoms with van der Waals surface area (Å²) in [6, 6.07) is 2.93. The highest BCUT2D eigenvalue weighted by atomic mass is 16.6. The largest absolute Gasteiger partial charge is 0.288 e. The van der Waals surface area contributed by atoms with Crippen LogP contribution >= 0.6 is 0 Å². The fourth-order valence-corrected chi connectivity index (χ4v) is 0.844. The smallest absolute Gasteiger partial charge is 0.258 e. The minimum Gasteiger partial charge on any atom is -0.258 e. The van der Waals surface area contributed by atoms with E-state index in [1.807, 2.05) is 0 Å². The number of aromatic nitrogens is 1. The summed E-state index contributed by atoms with van der Waals surface area (Å²) < 4.78 is 0. The Morgan fingerprint density at radius 2 is 2.36 bits per heavy atom. The average molecular weight is 187 g/mol. The van der Waals surface area contributed by atoms with Gasteiger partial charge >= 0.3 is 0 Å². The highest BCUT2D eigenvalue weighted by Crippen LogP contribution is 2.13. The van der Waals surface area contributed by atoms with Crippen LogP contribution in [0.15, 0.2) is 12.3 Å². The van der Waals surface area contributed by atoms with Crippen molar-refractivity contribution in [3.63, 3.8) is 0 Å². The molecule has 0 aliphatic carbocycles. The highest BCUT2D eigenvalue weighted by molar-refractivity contribution is 5.45. The predicted octanol–water partition coefficient (Wildman–Crippen LogP) is 1.17. The molecular formula is C9H5N3O2. The molecule has 68 valence electrons. The summed E-state index contributed by atoms with van der Waals surface area (Å²) in [5.41, 5.74) is 0.844. The van der Waals surface area contributed by atoms with Crippen LogP contribution in [0.5, 0.6) is 0 Å². The van der Waals surface area contributed by atoms with Gasteiger partial charge in [0.15, 0.2) is 6.07 Å². The quantitative estimate of drug-likeness (QED) is 0.375. The first kappa shape index (κ1) is 9.69. The molecular weight excluding hydrogens is 182 g/mol. The van der Waals surface area contributed by atoms with E-state index in [2.05, 4.69) is 16.8 Å². The van der Waals surface area contributed by atoms with Crippen LogP contribution in [-0.2, 0) is 0 Å². The van der Waals surface area contributed by atoms with E-state index in [0.717, 1.165) is 6.20 Å². The first-order chi connectivity index (χ1) is 6.65. The molecule has 14 heavy (non-hydrogen) atoms. The van der Waals surface area contributed by atoms with Gasteiger partial charge in [-0.25, -0.2) is 0 Å². The minimum absolute atomic E-state index is 0.127. The molecule has 1 aromatic rings. The fourth-order valence-electron chi connectivity index (χ4n) is 0.844. The molecule has 0 spiro atoms. The predicted molar refractivity (Wildman–Crippen MR) is 48.1 cm³/mol. The third kappa shape index (κ3) is 2.05. The maximum Gasteiger partial charge on any atom is 0.288 e. The molecule has 0 saturated carbocycles. The number of rotatable bonds is 1. The summed E-state index contributed by atoms with van der Waals surface area (Å²) >= 11 is 0. The lowest BCUT2D eigenvalue weighted by atomic mass is 10.2. The molecule has 1 aromatic heterocycles. The lowest BCUT2D eigenvalue weighted by Crippen LogP contribution is -1.93. The van der Waals surface area contributed by atoms with Crippen molar-refractivity contribution in [2.45, 2.75) is 6.92 Å². The molecule has 0 aliphatic rings. The van der Waals surface area contributed by atoms with Crippen LogP contribution in [0.3, 0.4) is 0 Å². The lowest BCUT2D eigenvalue weighted by molar-refractivity contribution is -0.385. The van der Waals surface area contributed by atoms with Gasteiger partial charge < -0.3 is 0 Å². The monoisotopic (exact) mass is 187 g/mol. The number of hydrogen-bond acceptors (Lipinski definition) is 4. The summed E-state index contributed by atoms with van der Waals surface area (Å²) in [5.74, 6) is 4.64. The molecule has 0 saturated heterocycles. The van der Waals surface area contributed by atoms with Crippen LogP contribution in [0.1, 0.15) is 11.3 Å². The molecule has 1 rings (SSSR count).